The fourth-order valence-electron chi connectivity index (χ4n) is 3.71. The first-order chi connectivity index (χ1) is 15.5. The third kappa shape index (κ3) is 5.18. The number of Topliss-reactive ketones (excluding diaryl/α,β-unsaturated/α-hetero) is 1. The van der Waals surface area contributed by atoms with Crippen LogP contribution in [0.1, 0.15) is 22.3 Å². The van der Waals surface area contributed by atoms with E-state index in [0.717, 1.165) is 10.9 Å². The normalized spacial score (nSPS) is 12.8. The first kappa shape index (κ1) is 21.7. The second-order valence-corrected chi connectivity index (χ2v) is 9.48. The van der Waals surface area contributed by atoms with Crippen LogP contribution in [0, 0.1) is 5.92 Å². The smallest absolute Gasteiger partial charge is 0.199 e. The quantitative estimate of drug-likeness (QED) is 0.331. The van der Waals surface area contributed by atoms with Gasteiger partial charge in [-0.2, -0.15) is 0 Å². The van der Waals surface area contributed by atoms with Crippen LogP contribution in [0.4, 0.5) is 0 Å². The molecule has 0 N–H and O–H groups in total. The summed E-state index contributed by atoms with van der Waals surface area (Å²) in [6, 6.07) is 27.4. The van der Waals surface area contributed by atoms with E-state index in [2.05, 4.69) is 4.98 Å². The zero-order chi connectivity index (χ0) is 22.4. The van der Waals surface area contributed by atoms with E-state index in [1.807, 2.05) is 54.6 Å². The van der Waals surface area contributed by atoms with Gasteiger partial charge in [-0.3, -0.25) is 9.78 Å². The maximum Gasteiger partial charge on any atom is 0.199 e. The molecule has 0 spiro atoms. The van der Waals surface area contributed by atoms with Crippen molar-refractivity contribution in [2.75, 3.05) is 0 Å². The zero-order valence-corrected chi connectivity index (χ0v) is 18.3. The van der Waals surface area contributed by atoms with Crippen LogP contribution in [-0.4, -0.2) is 19.2 Å². The molecule has 160 valence electrons. The van der Waals surface area contributed by atoms with Crippen molar-refractivity contribution in [1.82, 2.24) is 4.98 Å². The molecule has 1 heterocycles. The molecule has 0 saturated carbocycles. The Morgan fingerprint density at radius 3 is 2.28 bits per heavy atom. The van der Waals surface area contributed by atoms with Crippen molar-refractivity contribution in [2.24, 2.45) is 5.92 Å². The molecule has 3 aromatic carbocycles. The summed E-state index contributed by atoms with van der Waals surface area (Å²) < 4.78 is 25.5. The highest BCUT2D eigenvalue weighted by Gasteiger charge is 2.18. The van der Waals surface area contributed by atoms with E-state index < -0.39 is 9.84 Å². The second-order valence-electron chi connectivity index (χ2n) is 7.64. The van der Waals surface area contributed by atoms with Gasteiger partial charge in [-0.15, -0.1) is 0 Å². The van der Waals surface area contributed by atoms with E-state index in [1.165, 1.54) is 5.41 Å². The van der Waals surface area contributed by atoms with Gasteiger partial charge in [-0.25, -0.2) is 8.42 Å². The standard InChI is InChI=1S/C27H23NO3S/c29-26(25-15-7-11-23-12-8-17-28-27(23)25)20-22(19-21-9-3-1-4-10-21)16-18-32(30,31)24-13-5-2-6-14-24/h1-18,22H,19-20H2/b18-16+/t22-/m1/s1. The summed E-state index contributed by atoms with van der Waals surface area (Å²) in [4.78, 5) is 17.8. The molecule has 1 atom stereocenters. The van der Waals surface area contributed by atoms with E-state index in [0.29, 0.717) is 17.5 Å². The van der Waals surface area contributed by atoms with Crippen LogP contribution in [-0.2, 0) is 16.3 Å². The SMILES string of the molecule is O=C(C[C@H](/C=C/S(=O)(=O)c1ccccc1)Cc1ccccc1)c1cccc2cccnc12. The summed E-state index contributed by atoms with van der Waals surface area (Å²) in [5.41, 5.74) is 2.27. The molecule has 0 fully saturated rings. The van der Waals surface area contributed by atoms with Crippen LogP contribution in [0.25, 0.3) is 10.9 Å². The van der Waals surface area contributed by atoms with Crippen molar-refractivity contribution >= 4 is 26.5 Å². The number of carbonyl (C=O) groups excluding carboxylic acids is 1. The monoisotopic (exact) mass is 441 g/mol. The highest BCUT2D eigenvalue weighted by atomic mass is 32.2. The van der Waals surface area contributed by atoms with Crippen LogP contribution in [0.5, 0.6) is 0 Å². The molecule has 4 aromatic rings. The van der Waals surface area contributed by atoms with Gasteiger partial charge in [0.2, 0.25) is 0 Å². The Kier molecular flexibility index (Phi) is 6.57. The van der Waals surface area contributed by atoms with Gasteiger partial charge in [-0.05, 0) is 42.2 Å². The van der Waals surface area contributed by atoms with Gasteiger partial charge in [0.25, 0.3) is 0 Å². The third-order valence-corrected chi connectivity index (χ3v) is 6.77. The minimum Gasteiger partial charge on any atom is -0.294 e. The molecule has 0 radical (unpaired) electrons. The maximum atomic E-state index is 13.2. The van der Waals surface area contributed by atoms with Crippen molar-refractivity contribution < 1.29 is 13.2 Å². The summed E-state index contributed by atoms with van der Waals surface area (Å²) in [6.45, 7) is 0. The molecule has 0 aliphatic heterocycles. The molecule has 4 rings (SSSR count). The third-order valence-electron chi connectivity index (χ3n) is 5.32. The Morgan fingerprint density at radius 1 is 0.844 bits per heavy atom. The van der Waals surface area contributed by atoms with E-state index in [1.54, 1.807) is 48.7 Å². The van der Waals surface area contributed by atoms with Gasteiger partial charge >= 0.3 is 0 Å². The van der Waals surface area contributed by atoms with Gasteiger partial charge in [-0.1, -0.05) is 72.8 Å². The number of rotatable bonds is 8. The highest BCUT2D eigenvalue weighted by molar-refractivity contribution is 7.94. The fourth-order valence-corrected chi connectivity index (χ4v) is 4.83. The molecule has 4 nitrogen and oxygen atoms in total. The molecule has 0 aliphatic carbocycles. The number of hydrogen-bond acceptors (Lipinski definition) is 4. The number of para-hydroxylation sites is 1. The van der Waals surface area contributed by atoms with E-state index in [9.17, 15) is 13.2 Å². The lowest BCUT2D eigenvalue weighted by molar-refractivity contribution is 0.0970. The molecular weight excluding hydrogens is 418 g/mol. The fraction of sp³-hybridized carbons (Fsp3) is 0.111. The number of benzene rings is 3. The number of carbonyl (C=O) groups is 1. The Morgan fingerprint density at radius 2 is 1.53 bits per heavy atom. The number of fused-ring (bicyclic) bond motifs is 1. The van der Waals surface area contributed by atoms with Gasteiger partial charge in [0.1, 0.15) is 0 Å². The van der Waals surface area contributed by atoms with Crippen LogP contribution < -0.4 is 0 Å². The largest absolute Gasteiger partial charge is 0.294 e. The minimum absolute atomic E-state index is 0.0583. The molecule has 32 heavy (non-hydrogen) atoms. The van der Waals surface area contributed by atoms with Crippen LogP contribution in [0.15, 0.2) is 114 Å². The van der Waals surface area contributed by atoms with E-state index in [-0.39, 0.29) is 23.0 Å². The number of pyridine rings is 1. The summed E-state index contributed by atoms with van der Waals surface area (Å²) in [5.74, 6) is -0.334. The summed E-state index contributed by atoms with van der Waals surface area (Å²) in [6.07, 6.45) is 4.07. The van der Waals surface area contributed by atoms with E-state index in [4.69, 9.17) is 0 Å². The van der Waals surface area contributed by atoms with E-state index >= 15 is 0 Å². The van der Waals surface area contributed by atoms with Crippen LogP contribution in [0.3, 0.4) is 0 Å². The molecule has 0 bridgehead atoms. The lowest BCUT2D eigenvalue weighted by Gasteiger charge is -2.13. The van der Waals surface area contributed by atoms with Gasteiger partial charge in [0, 0.05) is 29.0 Å². The predicted molar refractivity (Wildman–Crippen MR) is 127 cm³/mol. The Balaban J connectivity index is 1.63. The van der Waals surface area contributed by atoms with Crippen molar-refractivity contribution in [3.8, 4) is 0 Å². The average molecular weight is 442 g/mol. The molecule has 0 amide bonds. The van der Waals surface area contributed by atoms with Crippen LogP contribution in [0.2, 0.25) is 0 Å². The summed E-state index contributed by atoms with van der Waals surface area (Å²) in [7, 11) is -3.59. The first-order valence-electron chi connectivity index (χ1n) is 10.4. The number of allylic oxidation sites excluding steroid dienone is 1. The molecule has 0 unspecified atom stereocenters. The van der Waals surface area contributed by atoms with Gasteiger partial charge < -0.3 is 0 Å². The Hall–Kier alpha value is -3.57. The predicted octanol–water partition coefficient (Wildman–Crippen LogP) is 5.65. The first-order valence-corrected chi connectivity index (χ1v) is 12.0. The Bertz CT molecular complexity index is 1340. The molecule has 0 saturated heterocycles. The number of nitrogens with zero attached hydrogens (tertiary/aromatic N) is 1. The molecule has 0 aliphatic rings. The highest BCUT2D eigenvalue weighted by Crippen LogP contribution is 2.23. The lowest BCUT2D eigenvalue weighted by atomic mass is 9.91. The van der Waals surface area contributed by atoms with Gasteiger partial charge in [0.15, 0.2) is 15.6 Å². The number of ketones is 1. The second kappa shape index (κ2) is 9.71. The average Bonchev–Trinajstić information content (AvgIpc) is 2.83. The minimum atomic E-state index is -3.59. The topological polar surface area (TPSA) is 64.1 Å². The Labute approximate surface area is 188 Å². The van der Waals surface area contributed by atoms with Crippen molar-refractivity contribution in [3.05, 3.63) is 120 Å². The van der Waals surface area contributed by atoms with Crippen molar-refractivity contribution in [2.45, 2.75) is 17.7 Å². The number of hydrogen-bond donors (Lipinski definition) is 0. The molecular formula is C27H23NO3S. The van der Waals surface area contributed by atoms with Gasteiger partial charge in [0.05, 0.1) is 10.4 Å². The zero-order valence-electron chi connectivity index (χ0n) is 17.5. The molecule has 1 aromatic heterocycles. The van der Waals surface area contributed by atoms with Crippen molar-refractivity contribution in [1.29, 1.82) is 0 Å². The summed E-state index contributed by atoms with van der Waals surface area (Å²) in [5, 5.41) is 2.13. The molecule has 5 heteroatoms. The van der Waals surface area contributed by atoms with Crippen LogP contribution >= 0.6 is 0 Å². The van der Waals surface area contributed by atoms with Crippen molar-refractivity contribution in [3.63, 3.8) is 0 Å². The lowest BCUT2D eigenvalue weighted by Crippen LogP contribution is -2.11. The maximum absolute atomic E-state index is 13.2. The number of aromatic nitrogens is 1. The summed E-state index contributed by atoms with van der Waals surface area (Å²) >= 11 is 0. The number of sulfone groups is 1.